The van der Waals surface area contributed by atoms with Gasteiger partial charge in [-0.3, -0.25) is 9.59 Å². The Balaban J connectivity index is 1.51. The minimum atomic E-state index is -0.478. The number of Topliss-reactive ketones (excluding diaryl/α,β-unsaturated/α-hetero) is 1. The van der Waals surface area contributed by atoms with E-state index in [9.17, 15) is 9.59 Å². The van der Waals surface area contributed by atoms with E-state index in [1.54, 1.807) is 0 Å². The van der Waals surface area contributed by atoms with Crippen LogP contribution in [0.1, 0.15) is 40.0 Å². The smallest absolute Gasteiger partial charge is 0.229 e. The molecule has 0 N–H and O–H groups in total. The van der Waals surface area contributed by atoms with Crippen molar-refractivity contribution < 1.29 is 9.59 Å². The van der Waals surface area contributed by atoms with Crippen LogP contribution in [-0.4, -0.2) is 42.8 Å². The number of carbonyl (C=O) groups excluding carboxylic acids is 2. The van der Waals surface area contributed by atoms with Crippen LogP contribution in [-0.2, 0) is 9.59 Å². The van der Waals surface area contributed by atoms with Crippen molar-refractivity contribution in [3.8, 4) is 0 Å². The number of ketones is 1. The standard InChI is InChI=1S/C21H28N2O2/c1-19(2)20(3)9-10-21(19,15-17(20)24)18(25)23-13-11-22(12-14-23)16-7-5-4-6-8-16/h4-8H,9-15H2,1-3H3/t20-,21-/m1/s1. The summed E-state index contributed by atoms with van der Waals surface area (Å²) >= 11 is 0. The molecule has 1 aromatic rings. The molecule has 2 bridgehead atoms. The van der Waals surface area contributed by atoms with E-state index in [4.69, 9.17) is 0 Å². The zero-order valence-corrected chi connectivity index (χ0v) is 15.5. The number of hydrogen-bond acceptors (Lipinski definition) is 3. The molecule has 1 aliphatic heterocycles. The molecule has 0 unspecified atom stereocenters. The summed E-state index contributed by atoms with van der Waals surface area (Å²) in [6.45, 7) is 9.57. The number of piperazine rings is 1. The molecule has 4 rings (SSSR count). The number of para-hydroxylation sites is 1. The van der Waals surface area contributed by atoms with Gasteiger partial charge in [0.05, 0.1) is 5.41 Å². The van der Waals surface area contributed by atoms with Gasteiger partial charge in [0.15, 0.2) is 0 Å². The summed E-state index contributed by atoms with van der Waals surface area (Å²) in [5.41, 5.74) is 0.171. The Labute approximate surface area is 150 Å². The average Bonchev–Trinajstić information content (AvgIpc) is 2.92. The molecule has 2 atom stereocenters. The van der Waals surface area contributed by atoms with Gasteiger partial charge in [-0.2, -0.15) is 0 Å². The van der Waals surface area contributed by atoms with Crippen LogP contribution in [0.25, 0.3) is 0 Å². The molecular weight excluding hydrogens is 312 g/mol. The van der Waals surface area contributed by atoms with Crippen LogP contribution >= 0.6 is 0 Å². The first-order valence-corrected chi connectivity index (χ1v) is 9.45. The number of hydrogen-bond donors (Lipinski definition) is 0. The summed E-state index contributed by atoms with van der Waals surface area (Å²) in [7, 11) is 0. The van der Waals surface area contributed by atoms with Crippen molar-refractivity contribution in [3.05, 3.63) is 30.3 Å². The van der Waals surface area contributed by atoms with Crippen LogP contribution in [0.2, 0.25) is 0 Å². The van der Waals surface area contributed by atoms with E-state index >= 15 is 0 Å². The maximum atomic E-state index is 13.5. The Morgan fingerprint density at radius 2 is 1.60 bits per heavy atom. The molecule has 1 amide bonds. The Hall–Kier alpha value is -1.84. The fourth-order valence-electron chi connectivity index (χ4n) is 5.44. The monoisotopic (exact) mass is 340 g/mol. The SMILES string of the molecule is CC1(C)[C@]2(C(=O)N3CCN(c4ccccc4)CC3)CC[C@]1(C)C(=O)C2. The predicted octanol–water partition coefficient (Wildman–Crippen LogP) is 3.12. The Bertz CT molecular complexity index is 706. The van der Waals surface area contributed by atoms with Crippen molar-refractivity contribution in [1.29, 1.82) is 0 Å². The molecule has 0 spiro atoms. The van der Waals surface area contributed by atoms with Gasteiger partial charge < -0.3 is 9.80 Å². The summed E-state index contributed by atoms with van der Waals surface area (Å²) in [5.74, 6) is 0.514. The van der Waals surface area contributed by atoms with E-state index in [0.29, 0.717) is 12.2 Å². The van der Waals surface area contributed by atoms with Crippen molar-refractivity contribution in [1.82, 2.24) is 4.90 Å². The highest BCUT2D eigenvalue weighted by atomic mass is 16.2. The molecule has 2 aliphatic carbocycles. The minimum absolute atomic E-state index is 0.222. The quantitative estimate of drug-likeness (QED) is 0.830. The van der Waals surface area contributed by atoms with Gasteiger partial charge in [-0.25, -0.2) is 0 Å². The van der Waals surface area contributed by atoms with E-state index in [-0.39, 0.29) is 16.7 Å². The van der Waals surface area contributed by atoms with E-state index in [0.717, 1.165) is 39.0 Å². The van der Waals surface area contributed by atoms with Crippen molar-refractivity contribution in [2.45, 2.75) is 40.0 Å². The lowest BCUT2D eigenvalue weighted by Crippen LogP contribution is -2.55. The Morgan fingerprint density at radius 1 is 0.960 bits per heavy atom. The number of benzene rings is 1. The first kappa shape index (κ1) is 16.6. The van der Waals surface area contributed by atoms with Gasteiger partial charge in [0, 0.05) is 43.7 Å². The molecule has 0 radical (unpaired) electrons. The first-order chi connectivity index (χ1) is 11.8. The lowest BCUT2D eigenvalue weighted by Gasteiger charge is -2.44. The third-order valence-corrected chi connectivity index (χ3v) is 7.80. The number of amides is 1. The molecule has 1 aromatic carbocycles. The van der Waals surface area contributed by atoms with Crippen molar-refractivity contribution in [2.75, 3.05) is 31.1 Å². The Kier molecular flexibility index (Phi) is 3.54. The van der Waals surface area contributed by atoms with Crippen molar-refractivity contribution >= 4 is 17.4 Å². The van der Waals surface area contributed by atoms with Crippen LogP contribution in [0, 0.1) is 16.2 Å². The van der Waals surface area contributed by atoms with Crippen LogP contribution in [0.15, 0.2) is 30.3 Å². The predicted molar refractivity (Wildman–Crippen MR) is 98.4 cm³/mol. The molecule has 134 valence electrons. The van der Waals surface area contributed by atoms with Gasteiger partial charge in [-0.15, -0.1) is 0 Å². The van der Waals surface area contributed by atoms with Crippen LogP contribution < -0.4 is 4.90 Å². The third kappa shape index (κ3) is 2.06. The van der Waals surface area contributed by atoms with Gasteiger partial charge >= 0.3 is 0 Å². The second kappa shape index (κ2) is 5.33. The summed E-state index contributed by atoms with van der Waals surface area (Å²) in [5, 5.41) is 0. The molecule has 3 aliphatic rings. The highest BCUT2D eigenvalue weighted by Crippen LogP contribution is 2.71. The molecule has 1 saturated heterocycles. The zero-order chi connectivity index (χ0) is 17.9. The minimum Gasteiger partial charge on any atom is -0.368 e. The molecule has 4 nitrogen and oxygen atoms in total. The maximum absolute atomic E-state index is 13.5. The number of nitrogens with zero attached hydrogens (tertiary/aromatic N) is 2. The maximum Gasteiger partial charge on any atom is 0.229 e. The average molecular weight is 340 g/mol. The number of fused-ring (bicyclic) bond motifs is 2. The summed E-state index contributed by atoms with van der Waals surface area (Å²) < 4.78 is 0. The molecule has 1 heterocycles. The normalized spacial score (nSPS) is 33.8. The van der Waals surface area contributed by atoms with Gasteiger partial charge in [-0.05, 0) is 30.4 Å². The Morgan fingerprint density at radius 3 is 2.12 bits per heavy atom. The molecular formula is C21H28N2O2. The third-order valence-electron chi connectivity index (χ3n) is 7.80. The molecule has 25 heavy (non-hydrogen) atoms. The van der Waals surface area contributed by atoms with Crippen molar-refractivity contribution in [2.24, 2.45) is 16.2 Å². The second-order valence-electron chi connectivity index (χ2n) is 8.75. The molecule has 0 aromatic heterocycles. The van der Waals surface area contributed by atoms with E-state index in [2.05, 4.69) is 49.9 Å². The van der Waals surface area contributed by atoms with Gasteiger partial charge in [-0.1, -0.05) is 39.0 Å². The second-order valence-corrected chi connectivity index (χ2v) is 8.75. The zero-order valence-electron chi connectivity index (χ0n) is 15.5. The first-order valence-electron chi connectivity index (χ1n) is 9.45. The van der Waals surface area contributed by atoms with Crippen molar-refractivity contribution in [3.63, 3.8) is 0 Å². The molecule has 4 heteroatoms. The lowest BCUT2D eigenvalue weighted by atomic mass is 9.64. The lowest BCUT2D eigenvalue weighted by molar-refractivity contribution is -0.148. The highest BCUT2D eigenvalue weighted by molar-refractivity contribution is 5.99. The summed E-state index contributed by atoms with van der Waals surface area (Å²) in [6.07, 6.45) is 2.16. The van der Waals surface area contributed by atoms with E-state index < -0.39 is 5.41 Å². The summed E-state index contributed by atoms with van der Waals surface area (Å²) in [6, 6.07) is 10.4. The largest absolute Gasteiger partial charge is 0.368 e. The number of anilines is 1. The van der Waals surface area contributed by atoms with E-state index in [1.165, 1.54) is 5.69 Å². The van der Waals surface area contributed by atoms with Crippen LogP contribution in [0.3, 0.4) is 0 Å². The topological polar surface area (TPSA) is 40.6 Å². The number of carbonyl (C=O) groups is 2. The number of rotatable bonds is 2. The fourth-order valence-corrected chi connectivity index (χ4v) is 5.44. The van der Waals surface area contributed by atoms with E-state index in [1.807, 2.05) is 11.0 Å². The van der Waals surface area contributed by atoms with Gasteiger partial charge in [0.2, 0.25) is 5.91 Å². The molecule has 3 fully saturated rings. The highest BCUT2D eigenvalue weighted by Gasteiger charge is 2.73. The van der Waals surface area contributed by atoms with Gasteiger partial charge in [0.25, 0.3) is 0 Å². The molecule has 2 saturated carbocycles. The fraction of sp³-hybridized carbons (Fsp3) is 0.619. The van der Waals surface area contributed by atoms with Crippen LogP contribution in [0.4, 0.5) is 5.69 Å². The van der Waals surface area contributed by atoms with Crippen LogP contribution in [0.5, 0.6) is 0 Å². The van der Waals surface area contributed by atoms with Gasteiger partial charge in [0.1, 0.15) is 5.78 Å². The summed E-state index contributed by atoms with van der Waals surface area (Å²) in [4.78, 5) is 30.5.